The summed E-state index contributed by atoms with van der Waals surface area (Å²) in [6.07, 6.45) is 7.31. The Morgan fingerprint density at radius 2 is 2.10 bits per heavy atom. The predicted molar refractivity (Wildman–Crippen MR) is 78.2 cm³/mol. The molecule has 2 aliphatic rings. The Labute approximate surface area is 124 Å². The summed E-state index contributed by atoms with van der Waals surface area (Å²) < 4.78 is 12.0. The van der Waals surface area contributed by atoms with E-state index < -0.39 is 0 Å². The fourth-order valence-corrected chi connectivity index (χ4v) is 3.66. The molecule has 0 bridgehead atoms. The molecule has 110 valence electrons. The summed E-state index contributed by atoms with van der Waals surface area (Å²) in [4.78, 5) is 0. The molecule has 0 aromatic heterocycles. The molecule has 1 saturated carbocycles. The first-order valence-electron chi connectivity index (χ1n) is 7.41. The molecule has 2 fully saturated rings. The normalized spacial score (nSPS) is 24.4. The van der Waals surface area contributed by atoms with Gasteiger partial charge in [0.15, 0.2) is 0 Å². The van der Waals surface area contributed by atoms with Crippen LogP contribution in [0.1, 0.15) is 44.1 Å². The number of hydrogen-bond donors (Lipinski definition) is 1. The van der Waals surface area contributed by atoms with Crippen LogP contribution in [0, 0.1) is 0 Å². The zero-order valence-electron chi connectivity index (χ0n) is 11.6. The number of rotatable bonds is 4. The minimum atomic E-state index is -0.0641. The molecule has 1 atom stereocenters. The van der Waals surface area contributed by atoms with Gasteiger partial charge in [-0.3, -0.25) is 0 Å². The van der Waals surface area contributed by atoms with Gasteiger partial charge in [0, 0.05) is 5.56 Å². The second-order valence-corrected chi connectivity index (χ2v) is 6.27. The fourth-order valence-electron chi connectivity index (χ4n) is 3.42. The van der Waals surface area contributed by atoms with E-state index in [1.807, 2.05) is 12.1 Å². The van der Waals surface area contributed by atoms with Crippen molar-refractivity contribution in [3.63, 3.8) is 0 Å². The monoisotopic (exact) mass is 296 g/mol. The average molecular weight is 297 g/mol. The molecule has 1 spiro atoms. The zero-order chi connectivity index (χ0) is 14.0. The highest BCUT2D eigenvalue weighted by molar-refractivity contribution is 6.32. The first-order valence-corrected chi connectivity index (χ1v) is 7.79. The second kappa shape index (κ2) is 5.92. The van der Waals surface area contributed by atoms with Crippen LogP contribution in [0.5, 0.6) is 5.75 Å². The molecule has 1 unspecified atom stereocenters. The molecule has 0 radical (unpaired) electrons. The molecule has 1 aliphatic heterocycles. The molecule has 1 aliphatic carbocycles. The number of halogens is 1. The maximum atomic E-state index is 9.33. The number of hydrogen-bond acceptors (Lipinski definition) is 3. The van der Waals surface area contributed by atoms with Crippen LogP contribution in [-0.4, -0.2) is 23.4 Å². The summed E-state index contributed by atoms with van der Waals surface area (Å²) in [5, 5.41) is 9.88. The van der Waals surface area contributed by atoms with Crippen molar-refractivity contribution >= 4 is 11.6 Å². The molecule has 1 saturated heterocycles. The second-order valence-electron chi connectivity index (χ2n) is 5.87. The zero-order valence-corrected chi connectivity index (χ0v) is 12.4. The molecule has 3 nitrogen and oxygen atoms in total. The minimum Gasteiger partial charge on any atom is -0.489 e. The van der Waals surface area contributed by atoms with Crippen LogP contribution < -0.4 is 4.74 Å². The van der Waals surface area contributed by atoms with Crippen LogP contribution in [0.4, 0.5) is 0 Å². The Kier molecular flexibility index (Phi) is 4.20. The van der Waals surface area contributed by atoms with E-state index >= 15 is 0 Å². The first-order chi connectivity index (χ1) is 9.72. The molecule has 1 aromatic carbocycles. The third-order valence-corrected chi connectivity index (χ3v) is 4.78. The van der Waals surface area contributed by atoms with E-state index in [2.05, 4.69) is 0 Å². The first kappa shape index (κ1) is 14.2. The van der Waals surface area contributed by atoms with Crippen LogP contribution in [0.25, 0.3) is 0 Å². The summed E-state index contributed by atoms with van der Waals surface area (Å²) in [7, 11) is 0. The molecule has 1 N–H and O–H groups in total. The maximum absolute atomic E-state index is 9.33. The summed E-state index contributed by atoms with van der Waals surface area (Å²) in [5.41, 5.74) is 0.861. The minimum absolute atomic E-state index is 0.0641. The lowest BCUT2D eigenvalue weighted by Gasteiger charge is -2.24. The van der Waals surface area contributed by atoms with E-state index in [0.717, 1.165) is 18.4 Å². The number of aliphatic hydroxyl groups excluding tert-OH is 1. The molecule has 1 heterocycles. The van der Waals surface area contributed by atoms with E-state index in [-0.39, 0.29) is 18.3 Å². The van der Waals surface area contributed by atoms with Crippen molar-refractivity contribution in [2.45, 2.75) is 56.8 Å². The quantitative estimate of drug-likeness (QED) is 0.920. The summed E-state index contributed by atoms with van der Waals surface area (Å²) >= 11 is 6.14. The van der Waals surface area contributed by atoms with E-state index in [9.17, 15) is 5.11 Å². The number of benzene rings is 1. The highest BCUT2D eigenvalue weighted by Gasteiger charge is 2.42. The van der Waals surface area contributed by atoms with E-state index in [4.69, 9.17) is 21.1 Å². The van der Waals surface area contributed by atoms with Crippen molar-refractivity contribution in [3.05, 3.63) is 28.8 Å². The molecule has 3 rings (SSSR count). The smallest absolute Gasteiger partial charge is 0.143 e. The fraction of sp³-hybridized carbons (Fsp3) is 0.625. The number of para-hydroxylation sites is 1. The van der Waals surface area contributed by atoms with Crippen molar-refractivity contribution in [2.75, 3.05) is 6.61 Å². The van der Waals surface area contributed by atoms with Gasteiger partial charge in [-0.2, -0.15) is 0 Å². The van der Waals surface area contributed by atoms with Gasteiger partial charge in [-0.15, -0.1) is 0 Å². The van der Waals surface area contributed by atoms with Crippen molar-refractivity contribution in [3.8, 4) is 5.75 Å². The maximum Gasteiger partial charge on any atom is 0.143 e. The Balaban J connectivity index is 1.60. The lowest BCUT2D eigenvalue weighted by Crippen LogP contribution is -2.27. The van der Waals surface area contributed by atoms with Crippen molar-refractivity contribution in [1.29, 1.82) is 0 Å². The van der Waals surface area contributed by atoms with Gasteiger partial charge in [0.05, 0.1) is 23.3 Å². The molecule has 1 aromatic rings. The molecular weight excluding hydrogens is 276 g/mol. The predicted octanol–water partition coefficient (Wildman–Crippen LogP) is 3.70. The van der Waals surface area contributed by atoms with Crippen LogP contribution in [0.15, 0.2) is 18.2 Å². The van der Waals surface area contributed by atoms with Gasteiger partial charge in [-0.1, -0.05) is 36.6 Å². The van der Waals surface area contributed by atoms with Crippen molar-refractivity contribution in [1.82, 2.24) is 0 Å². The third kappa shape index (κ3) is 2.80. The van der Waals surface area contributed by atoms with Crippen LogP contribution in [0.3, 0.4) is 0 Å². The average Bonchev–Trinajstić information content (AvgIpc) is 3.08. The Morgan fingerprint density at radius 1 is 1.30 bits per heavy atom. The largest absolute Gasteiger partial charge is 0.489 e. The van der Waals surface area contributed by atoms with Crippen LogP contribution in [0.2, 0.25) is 5.02 Å². The summed E-state index contributed by atoms with van der Waals surface area (Å²) in [5.74, 6) is 0.590. The SMILES string of the molecule is OCc1cccc(Cl)c1OCC1CCC2(CCCC2)O1. The molecule has 20 heavy (non-hydrogen) atoms. The highest BCUT2D eigenvalue weighted by atomic mass is 35.5. The Bertz CT molecular complexity index is 469. The molecule has 4 heteroatoms. The van der Waals surface area contributed by atoms with Gasteiger partial charge in [-0.05, 0) is 31.7 Å². The van der Waals surface area contributed by atoms with Gasteiger partial charge in [0.2, 0.25) is 0 Å². The van der Waals surface area contributed by atoms with Gasteiger partial charge < -0.3 is 14.6 Å². The van der Waals surface area contributed by atoms with Gasteiger partial charge in [-0.25, -0.2) is 0 Å². The number of ether oxygens (including phenoxy) is 2. The lowest BCUT2D eigenvalue weighted by molar-refractivity contribution is -0.0510. The Morgan fingerprint density at radius 3 is 2.85 bits per heavy atom. The van der Waals surface area contributed by atoms with Gasteiger partial charge in [0.25, 0.3) is 0 Å². The van der Waals surface area contributed by atoms with Gasteiger partial charge in [0.1, 0.15) is 12.4 Å². The molecular formula is C16H21ClO3. The standard InChI is InChI=1S/C16H21ClO3/c17-14-5-3-4-12(10-18)15(14)19-11-13-6-9-16(20-13)7-1-2-8-16/h3-5,13,18H,1-2,6-11H2. The lowest BCUT2D eigenvalue weighted by atomic mass is 9.98. The Hall–Kier alpha value is -0.770. The van der Waals surface area contributed by atoms with Crippen molar-refractivity contribution < 1.29 is 14.6 Å². The molecule has 0 amide bonds. The van der Waals surface area contributed by atoms with Crippen LogP contribution in [-0.2, 0) is 11.3 Å². The van der Waals surface area contributed by atoms with Crippen LogP contribution >= 0.6 is 11.6 Å². The van der Waals surface area contributed by atoms with E-state index in [1.54, 1.807) is 6.07 Å². The van der Waals surface area contributed by atoms with E-state index in [1.165, 1.54) is 25.7 Å². The van der Waals surface area contributed by atoms with E-state index in [0.29, 0.717) is 17.4 Å². The van der Waals surface area contributed by atoms with Gasteiger partial charge >= 0.3 is 0 Å². The summed E-state index contributed by atoms with van der Waals surface area (Å²) in [6.45, 7) is 0.448. The number of aliphatic hydroxyl groups is 1. The topological polar surface area (TPSA) is 38.7 Å². The highest BCUT2D eigenvalue weighted by Crippen LogP contribution is 2.43. The third-order valence-electron chi connectivity index (χ3n) is 4.49. The summed E-state index contributed by atoms with van der Waals surface area (Å²) in [6, 6.07) is 5.43. The van der Waals surface area contributed by atoms with Crippen molar-refractivity contribution in [2.24, 2.45) is 0 Å².